The lowest BCUT2D eigenvalue weighted by Crippen LogP contribution is -2.51. The SMILES string of the molecule is C[C@]12CC[C@@H]3[C@H](CC[C@H]4CCCC[C@@]43C)[C@H]1C/C(=C\c1ccccc1)C2. The van der Waals surface area contributed by atoms with Crippen LogP contribution in [0.1, 0.15) is 83.6 Å². The van der Waals surface area contributed by atoms with Crippen molar-refractivity contribution in [1.29, 1.82) is 0 Å². The van der Waals surface area contributed by atoms with Crippen LogP contribution >= 0.6 is 0 Å². The minimum Gasteiger partial charge on any atom is -0.0688 e. The number of rotatable bonds is 1. The molecule has 4 fully saturated rings. The summed E-state index contributed by atoms with van der Waals surface area (Å²) in [6, 6.07) is 11.0. The van der Waals surface area contributed by atoms with Crippen molar-refractivity contribution in [2.24, 2.45) is 34.5 Å². The van der Waals surface area contributed by atoms with Gasteiger partial charge in [-0.05, 0) is 91.4 Å². The first-order valence-electron chi connectivity index (χ1n) is 11.3. The molecule has 0 saturated heterocycles. The average Bonchev–Trinajstić information content (AvgIpc) is 2.98. The smallest absolute Gasteiger partial charge is 0.0254 e. The van der Waals surface area contributed by atoms with E-state index >= 15 is 0 Å². The summed E-state index contributed by atoms with van der Waals surface area (Å²) >= 11 is 0. The van der Waals surface area contributed by atoms with Crippen molar-refractivity contribution in [1.82, 2.24) is 0 Å². The lowest BCUT2D eigenvalue weighted by Gasteiger charge is -2.59. The maximum Gasteiger partial charge on any atom is -0.0254 e. The van der Waals surface area contributed by atoms with Gasteiger partial charge in [-0.1, -0.05) is 68.7 Å². The number of fused-ring (bicyclic) bond motifs is 5. The maximum absolute atomic E-state index is 2.70. The fourth-order valence-electron chi connectivity index (χ4n) is 8.07. The number of hydrogen-bond donors (Lipinski definition) is 0. The van der Waals surface area contributed by atoms with Crippen LogP contribution in [0.25, 0.3) is 6.08 Å². The quantitative estimate of drug-likeness (QED) is 0.493. The van der Waals surface area contributed by atoms with Crippen molar-refractivity contribution in [3.05, 3.63) is 41.5 Å². The van der Waals surface area contributed by atoms with E-state index in [1.807, 2.05) is 0 Å². The zero-order valence-electron chi connectivity index (χ0n) is 16.8. The highest BCUT2D eigenvalue weighted by atomic mass is 14.6. The molecule has 4 saturated carbocycles. The standard InChI is InChI=1S/C26H36/c1-25-15-13-23-22(12-11-21-10-6-7-14-26(21,23)2)24(25)17-20(18-25)16-19-8-4-3-5-9-19/h3-5,8-9,16,21-24H,6-7,10-15,17-18H2,1-2H3/b20-16+/t21-,22+,23-,24-,25-,26+/m1/s1. The molecule has 4 aliphatic rings. The summed E-state index contributed by atoms with van der Waals surface area (Å²) in [5.41, 5.74) is 4.40. The Labute approximate surface area is 160 Å². The fraction of sp³-hybridized carbons (Fsp3) is 0.692. The van der Waals surface area contributed by atoms with Gasteiger partial charge >= 0.3 is 0 Å². The Morgan fingerprint density at radius 3 is 2.58 bits per heavy atom. The summed E-state index contributed by atoms with van der Waals surface area (Å²) in [6.45, 7) is 5.33. The number of allylic oxidation sites excluding steroid dienone is 1. The van der Waals surface area contributed by atoms with Crippen molar-refractivity contribution in [2.45, 2.75) is 78.1 Å². The Balaban J connectivity index is 1.42. The number of benzene rings is 1. The monoisotopic (exact) mass is 348 g/mol. The van der Waals surface area contributed by atoms with Crippen LogP contribution in [0, 0.1) is 34.5 Å². The normalized spacial score (nSPS) is 46.5. The van der Waals surface area contributed by atoms with Gasteiger partial charge in [-0.2, -0.15) is 0 Å². The molecule has 0 radical (unpaired) electrons. The van der Waals surface area contributed by atoms with Crippen LogP contribution in [0.5, 0.6) is 0 Å². The molecule has 0 heteroatoms. The summed E-state index contributed by atoms with van der Waals surface area (Å²) in [4.78, 5) is 0. The molecule has 0 N–H and O–H groups in total. The molecule has 1 aromatic rings. The minimum absolute atomic E-state index is 0.583. The Morgan fingerprint density at radius 2 is 1.73 bits per heavy atom. The highest BCUT2D eigenvalue weighted by Crippen LogP contribution is 2.66. The van der Waals surface area contributed by atoms with Crippen LogP contribution < -0.4 is 0 Å². The van der Waals surface area contributed by atoms with Gasteiger partial charge in [0, 0.05) is 0 Å². The second kappa shape index (κ2) is 6.25. The summed E-state index contributed by atoms with van der Waals surface area (Å²) in [7, 11) is 0. The molecule has 1 aromatic carbocycles. The molecular formula is C26H36. The molecular weight excluding hydrogens is 312 g/mol. The van der Waals surface area contributed by atoms with E-state index in [4.69, 9.17) is 0 Å². The van der Waals surface area contributed by atoms with Crippen LogP contribution in [0.2, 0.25) is 0 Å². The second-order valence-electron chi connectivity index (χ2n) is 10.7. The summed E-state index contributed by atoms with van der Waals surface area (Å²) in [6.07, 6.45) is 17.4. The summed E-state index contributed by atoms with van der Waals surface area (Å²) in [5, 5.41) is 0. The predicted molar refractivity (Wildman–Crippen MR) is 111 cm³/mol. The van der Waals surface area contributed by atoms with Gasteiger partial charge in [0.05, 0.1) is 0 Å². The average molecular weight is 349 g/mol. The van der Waals surface area contributed by atoms with E-state index in [1.165, 1.54) is 69.8 Å². The molecule has 5 rings (SSSR count). The molecule has 6 atom stereocenters. The molecule has 0 spiro atoms. The van der Waals surface area contributed by atoms with Gasteiger partial charge in [0.25, 0.3) is 0 Å². The van der Waals surface area contributed by atoms with Crippen molar-refractivity contribution in [3.63, 3.8) is 0 Å². The van der Waals surface area contributed by atoms with E-state index in [9.17, 15) is 0 Å². The van der Waals surface area contributed by atoms with E-state index in [2.05, 4.69) is 50.3 Å². The van der Waals surface area contributed by atoms with Crippen molar-refractivity contribution >= 4 is 6.08 Å². The molecule has 0 amide bonds. The summed E-state index contributed by atoms with van der Waals surface area (Å²) in [5.74, 6) is 4.03. The van der Waals surface area contributed by atoms with Crippen LogP contribution in [-0.2, 0) is 0 Å². The van der Waals surface area contributed by atoms with Crippen LogP contribution in [0.3, 0.4) is 0 Å². The fourth-order valence-corrected chi connectivity index (χ4v) is 8.07. The first-order valence-corrected chi connectivity index (χ1v) is 11.3. The second-order valence-corrected chi connectivity index (χ2v) is 10.7. The zero-order chi connectivity index (χ0) is 17.8. The van der Waals surface area contributed by atoms with Gasteiger partial charge in [0.2, 0.25) is 0 Å². The first kappa shape index (κ1) is 17.1. The van der Waals surface area contributed by atoms with Crippen LogP contribution in [-0.4, -0.2) is 0 Å². The third-order valence-corrected chi connectivity index (χ3v) is 9.38. The van der Waals surface area contributed by atoms with Crippen LogP contribution in [0.15, 0.2) is 35.9 Å². The molecule has 26 heavy (non-hydrogen) atoms. The molecule has 0 heterocycles. The molecule has 4 aliphatic carbocycles. The van der Waals surface area contributed by atoms with E-state index in [-0.39, 0.29) is 0 Å². The van der Waals surface area contributed by atoms with Gasteiger partial charge in [-0.15, -0.1) is 0 Å². The summed E-state index contributed by atoms with van der Waals surface area (Å²) < 4.78 is 0. The minimum atomic E-state index is 0.583. The van der Waals surface area contributed by atoms with Gasteiger partial charge < -0.3 is 0 Å². The Kier molecular flexibility index (Phi) is 4.11. The number of hydrogen-bond acceptors (Lipinski definition) is 0. The van der Waals surface area contributed by atoms with E-state index in [0.29, 0.717) is 10.8 Å². The lowest BCUT2D eigenvalue weighted by molar-refractivity contribution is -0.103. The lowest BCUT2D eigenvalue weighted by atomic mass is 9.45. The van der Waals surface area contributed by atoms with Gasteiger partial charge in [0.1, 0.15) is 0 Å². The Morgan fingerprint density at radius 1 is 0.885 bits per heavy atom. The highest BCUT2D eigenvalue weighted by molar-refractivity contribution is 5.54. The van der Waals surface area contributed by atoms with Crippen LogP contribution in [0.4, 0.5) is 0 Å². The van der Waals surface area contributed by atoms with Gasteiger partial charge in [-0.25, -0.2) is 0 Å². The molecule has 140 valence electrons. The first-order chi connectivity index (χ1) is 12.6. The van der Waals surface area contributed by atoms with Gasteiger partial charge in [-0.3, -0.25) is 0 Å². The maximum atomic E-state index is 2.70. The van der Waals surface area contributed by atoms with Crippen molar-refractivity contribution in [2.75, 3.05) is 0 Å². The predicted octanol–water partition coefficient (Wildman–Crippen LogP) is 7.50. The van der Waals surface area contributed by atoms with Gasteiger partial charge in [0.15, 0.2) is 0 Å². The van der Waals surface area contributed by atoms with E-state index in [0.717, 1.165) is 23.7 Å². The van der Waals surface area contributed by atoms with Crippen molar-refractivity contribution in [3.8, 4) is 0 Å². The van der Waals surface area contributed by atoms with E-state index in [1.54, 1.807) is 5.57 Å². The Hall–Kier alpha value is -1.04. The Bertz CT molecular complexity index is 685. The topological polar surface area (TPSA) is 0 Å². The molecule has 0 nitrogen and oxygen atoms in total. The zero-order valence-corrected chi connectivity index (χ0v) is 16.8. The third-order valence-electron chi connectivity index (χ3n) is 9.38. The molecule has 0 unspecified atom stereocenters. The largest absolute Gasteiger partial charge is 0.0688 e. The van der Waals surface area contributed by atoms with E-state index < -0.39 is 0 Å². The molecule has 0 aliphatic heterocycles. The molecule has 0 bridgehead atoms. The third kappa shape index (κ3) is 2.62. The highest BCUT2D eigenvalue weighted by Gasteiger charge is 2.57. The van der Waals surface area contributed by atoms with Crippen molar-refractivity contribution < 1.29 is 0 Å². The molecule has 0 aromatic heterocycles.